The molecule has 3 heteroatoms. The predicted octanol–water partition coefficient (Wildman–Crippen LogP) is 5.19. The Labute approximate surface area is 132 Å². The van der Waals surface area contributed by atoms with E-state index in [9.17, 15) is 5.11 Å². The molecule has 0 aliphatic heterocycles. The van der Waals surface area contributed by atoms with Crippen LogP contribution in [0.5, 0.6) is 0 Å². The van der Waals surface area contributed by atoms with E-state index in [0.29, 0.717) is 22.7 Å². The van der Waals surface area contributed by atoms with Gasteiger partial charge in [0.05, 0.1) is 5.60 Å². The summed E-state index contributed by atoms with van der Waals surface area (Å²) in [5, 5.41) is 10.4. The van der Waals surface area contributed by atoms with Gasteiger partial charge in [-0.15, -0.1) is 5.73 Å². The van der Waals surface area contributed by atoms with Gasteiger partial charge in [-0.2, -0.15) is 0 Å². The normalized spacial score (nSPS) is 27.2. The average molecular weight is 311 g/mol. The van der Waals surface area contributed by atoms with E-state index in [-0.39, 0.29) is 0 Å². The third-order valence-corrected chi connectivity index (χ3v) is 11.4. The van der Waals surface area contributed by atoms with E-state index in [0.717, 1.165) is 25.7 Å². The van der Waals surface area contributed by atoms with Crippen LogP contribution >= 0.6 is 0 Å². The molecule has 1 aliphatic carbocycles. The van der Waals surface area contributed by atoms with Gasteiger partial charge in [0, 0.05) is 6.10 Å². The molecule has 0 aromatic rings. The minimum absolute atomic E-state index is 0.308. The Hall–Kier alpha value is -0.343. The summed E-state index contributed by atoms with van der Waals surface area (Å²) in [5.74, 6) is 0. The molecule has 1 N–H and O–H groups in total. The Morgan fingerprint density at radius 3 is 1.86 bits per heavy atom. The highest BCUT2D eigenvalue weighted by molar-refractivity contribution is 6.77. The maximum atomic E-state index is 10.4. The number of hydrogen-bond acceptors (Lipinski definition) is 2. The molecule has 1 saturated carbocycles. The maximum Gasteiger partial charge on any atom is 0.200 e. The molecule has 0 amide bonds. The highest BCUT2D eigenvalue weighted by Crippen LogP contribution is 2.45. The largest absolute Gasteiger partial charge is 0.413 e. The lowest BCUT2D eigenvalue weighted by atomic mass is 9.83. The van der Waals surface area contributed by atoms with Crippen molar-refractivity contribution in [3.63, 3.8) is 0 Å². The molecule has 0 aromatic heterocycles. The zero-order valence-corrected chi connectivity index (χ0v) is 15.8. The molecule has 0 atom stereocenters. The molecule has 122 valence electrons. The lowest BCUT2D eigenvalue weighted by Crippen LogP contribution is -2.51. The summed E-state index contributed by atoms with van der Waals surface area (Å²) in [6.07, 6.45) is 5.44. The van der Waals surface area contributed by atoms with Crippen molar-refractivity contribution < 1.29 is 9.53 Å². The predicted molar refractivity (Wildman–Crippen MR) is 93.0 cm³/mol. The lowest BCUT2D eigenvalue weighted by molar-refractivity contribution is 0.00664. The summed E-state index contributed by atoms with van der Waals surface area (Å²) in [7, 11) is -1.80. The standard InChI is InChI=1S/C18H34O2Si/c1-8-11-18(19)12-9-17(10-13-18)20-21(14(2)3,15(4)5)16(6)7/h11,14-17,19H,1,9-10,12-13H2,2-7H3. The molecule has 1 fully saturated rings. The van der Waals surface area contributed by atoms with Crippen LogP contribution in [0.15, 0.2) is 18.4 Å². The summed E-state index contributed by atoms with van der Waals surface area (Å²) in [5.41, 5.74) is 3.88. The van der Waals surface area contributed by atoms with Gasteiger partial charge < -0.3 is 9.53 Å². The lowest BCUT2D eigenvalue weighted by Gasteiger charge is -2.46. The van der Waals surface area contributed by atoms with E-state index >= 15 is 0 Å². The zero-order chi connectivity index (χ0) is 16.3. The minimum atomic E-state index is -1.80. The number of rotatable bonds is 6. The van der Waals surface area contributed by atoms with E-state index < -0.39 is 13.9 Å². The summed E-state index contributed by atoms with van der Waals surface area (Å²) < 4.78 is 6.81. The number of aliphatic hydroxyl groups is 1. The van der Waals surface area contributed by atoms with Crippen molar-refractivity contribution in [3.8, 4) is 0 Å². The van der Waals surface area contributed by atoms with Crippen LogP contribution in [0.2, 0.25) is 16.6 Å². The average Bonchev–Trinajstić information content (AvgIpc) is 2.37. The molecule has 0 unspecified atom stereocenters. The van der Waals surface area contributed by atoms with E-state index in [1.54, 1.807) is 6.08 Å². The van der Waals surface area contributed by atoms with E-state index in [1.807, 2.05) is 0 Å². The van der Waals surface area contributed by atoms with E-state index in [2.05, 4.69) is 53.9 Å². The molecule has 0 saturated heterocycles. The molecule has 1 rings (SSSR count). The number of hydrogen-bond donors (Lipinski definition) is 1. The Bertz CT molecular complexity index is 351. The molecule has 2 nitrogen and oxygen atoms in total. The molecule has 0 heterocycles. The van der Waals surface area contributed by atoms with Crippen LogP contribution in [-0.2, 0) is 4.43 Å². The quantitative estimate of drug-likeness (QED) is 0.540. The Morgan fingerprint density at radius 2 is 1.52 bits per heavy atom. The Balaban J connectivity index is 2.81. The Kier molecular flexibility index (Phi) is 6.48. The van der Waals surface area contributed by atoms with Gasteiger partial charge in [-0.1, -0.05) is 48.1 Å². The summed E-state index contributed by atoms with van der Waals surface area (Å²) in [4.78, 5) is 0. The molecular formula is C18H34O2Si. The molecule has 0 spiro atoms. The van der Waals surface area contributed by atoms with Gasteiger partial charge in [0.1, 0.15) is 0 Å². The van der Waals surface area contributed by atoms with Gasteiger partial charge in [-0.05, 0) is 48.4 Å². The maximum absolute atomic E-state index is 10.4. The van der Waals surface area contributed by atoms with Crippen molar-refractivity contribution in [2.24, 2.45) is 0 Å². The monoisotopic (exact) mass is 310 g/mol. The fourth-order valence-electron chi connectivity index (χ4n) is 4.24. The van der Waals surface area contributed by atoms with Crippen molar-refractivity contribution in [3.05, 3.63) is 18.4 Å². The zero-order valence-electron chi connectivity index (χ0n) is 14.8. The topological polar surface area (TPSA) is 29.5 Å². The van der Waals surface area contributed by atoms with Gasteiger partial charge >= 0.3 is 0 Å². The van der Waals surface area contributed by atoms with Crippen LogP contribution in [0.3, 0.4) is 0 Å². The second kappa shape index (κ2) is 7.28. The smallest absolute Gasteiger partial charge is 0.200 e. The second-order valence-electron chi connectivity index (χ2n) is 7.59. The first-order chi connectivity index (χ1) is 9.68. The summed E-state index contributed by atoms with van der Waals surface area (Å²) in [6.45, 7) is 17.5. The van der Waals surface area contributed by atoms with Crippen molar-refractivity contribution in [1.29, 1.82) is 0 Å². The molecule has 0 radical (unpaired) electrons. The van der Waals surface area contributed by atoms with Gasteiger partial charge in [0.15, 0.2) is 0 Å². The van der Waals surface area contributed by atoms with Crippen LogP contribution in [0.1, 0.15) is 67.2 Å². The van der Waals surface area contributed by atoms with Crippen molar-refractivity contribution in [1.82, 2.24) is 0 Å². The van der Waals surface area contributed by atoms with Crippen LogP contribution < -0.4 is 0 Å². The summed E-state index contributed by atoms with van der Waals surface area (Å²) in [6, 6.07) is 0. The molecular weight excluding hydrogens is 276 g/mol. The van der Waals surface area contributed by atoms with Crippen LogP contribution in [-0.4, -0.2) is 25.1 Å². The molecule has 0 aromatic carbocycles. The van der Waals surface area contributed by atoms with Gasteiger partial charge in [-0.25, -0.2) is 0 Å². The molecule has 0 bridgehead atoms. The van der Waals surface area contributed by atoms with E-state index in [1.165, 1.54) is 0 Å². The first kappa shape index (κ1) is 18.7. The van der Waals surface area contributed by atoms with Crippen molar-refractivity contribution >= 4 is 8.32 Å². The van der Waals surface area contributed by atoms with Gasteiger partial charge in [0.25, 0.3) is 0 Å². The van der Waals surface area contributed by atoms with Crippen LogP contribution in [0, 0.1) is 0 Å². The highest BCUT2D eigenvalue weighted by atomic mass is 28.4. The first-order valence-corrected chi connectivity index (χ1v) is 10.6. The molecule has 21 heavy (non-hydrogen) atoms. The van der Waals surface area contributed by atoms with E-state index in [4.69, 9.17) is 4.43 Å². The molecule has 1 aliphatic rings. The second-order valence-corrected chi connectivity index (χ2v) is 13.0. The fourth-order valence-corrected chi connectivity index (χ4v) is 9.87. The van der Waals surface area contributed by atoms with Gasteiger partial charge in [-0.3, -0.25) is 0 Å². The highest BCUT2D eigenvalue weighted by Gasteiger charge is 2.47. The fraction of sp³-hybridized carbons (Fsp3) is 0.833. The van der Waals surface area contributed by atoms with Crippen molar-refractivity contribution in [2.75, 3.05) is 0 Å². The van der Waals surface area contributed by atoms with Crippen LogP contribution in [0.25, 0.3) is 0 Å². The Morgan fingerprint density at radius 1 is 1.10 bits per heavy atom. The SMILES string of the molecule is C=C=CC1(O)CCC(O[Si](C(C)C)(C(C)C)C(C)C)CC1. The van der Waals surface area contributed by atoms with Gasteiger partial charge in [0.2, 0.25) is 8.32 Å². The van der Waals surface area contributed by atoms with Crippen molar-refractivity contribution in [2.45, 2.75) is 95.6 Å². The minimum Gasteiger partial charge on any atom is -0.413 e. The third-order valence-electron chi connectivity index (χ3n) is 5.25. The third kappa shape index (κ3) is 4.10. The first-order valence-electron chi connectivity index (χ1n) is 8.45. The van der Waals surface area contributed by atoms with Crippen LogP contribution in [0.4, 0.5) is 0 Å². The summed E-state index contributed by atoms with van der Waals surface area (Å²) >= 11 is 0.